The predicted octanol–water partition coefficient (Wildman–Crippen LogP) is 4.29. The Morgan fingerprint density at radius 3 is 2.04 bits per heavy atom. The number of benzene rings is 2. The molecule has 5 heteroatoms. The Hall–Kier alpha value is -2.66. The molecule has 4 nitrogen and oxygen atoms in total. The third-order valence-electron chi connectivity index (χ3n) is 4.65. The zero-order valence-electron chi connectivity index (χ0n) is 15.9. The van der Waals surface area contributed by atoms with E-state index in [1.165, 1.54) is 22.4 Å². The standard InChI is InChI=1S/C22H26N4S/c1-3-26-18(2)21(15-24-26)14-23-22(27)25(16-19-10-6-4-7-11-19)17-20-12-8-5-9-13-20/h4-13,15H,3,14,16-17H2,1-2H3,(H,23,27). The van der Waals surface area contributed by atoms with E-state index in [1.54, 1.807) is 0 Å². The van der Waals surface area contributed by atoms with Gasteiger partial charge in [-0.25, -0.2) is 0 Å². The lowest BCUT2D eigenvalue weighted by molar-refractivity contribution is 0.399. The van der Waals surface area contributed by atoms with Gasteiger partial charge in [-0.2, -0.15) is 5.10 Å². The molecule has 0 bridgehead atoms. The summed E-state index contributed by atoms with van der Waals surface area (Å²) >= 11 is 5.74. The van der Waals surface area contributed by atoms with Crippen LogP contribution >= 0.6 is 12.2 Å². The maximum absolute atomic E-state index is 5.74. The highest BCUT2D eigenvalue weighted by atomic mass is 32.1. The van der Waals surface area contributed by atoms with Gasteiger partial charge in [0.2, 0.25) is 0 Å². The van der Waals surface area contributed by atoms with E-state index >= 15 is 0 Å². The first-order valence-corrected chi connectivity index (χ1v) is 9.70. The summed E-state index contributed by atoms with van der Waals surface area (Å²) in [6.07, 6.45) is 1.92. The molecule has 0 atom stereocenters. The molecule has 0 unspecified atom stereocenters. The second kappa shape index (κ2) is 9.33. The maximum Gasteiger partial charge on any atom is 0.169 e. The van der Waals surface area contributed by atoms with E-state index in [4.69, 9.17) is 12.2 Å². The third kappa shape index (κ3) is 5.17. The molecule has 0 saturated heterocycles. The predicted molar refractivity (Wildman–Crippen MR) is 114 cm³/mol. The molecular formula is C22H26N4S. The van der Waals surface area contributed by atoms with Gasteiger partial charge in [-0.3, -0.25) is 4.68 Å². The molecular weight excluding hydrogens is 352 g/mol. The van der Waals surface area contributed by atoms with Crippen LogP contribution in [-0.4, -0.2) is 19.8 Å². The van der Waals surface area contributed by atoms with Crippen molar-refractivity contribution in [1.82, 2.24) is 20.0 Å². The lowest BCUT2D eigenvalue weighted by atomic mass is 10.2. The molecule has 0 aliphatic carbocycles. The Kier molecular flexibility index (Phi) is 6.60. The highest BCUT2D eigenvalue weighted by Crippen LogP contribution is 2.12. The number of hydrogen-bond donors (Lipinski definition) is 1. The first-order valence-electron chi connectivity index (χ1n) is 9.29. The second-order valence-corrected chi connectivity index (χ2v) is 6.94. The van der Waals surface area contributed by atoms with Gasteiger partial charge in [-0.05, 0) is 37.2 Å². The minimum atomic E-state index is 0.685. The van der Waals surface area contributed by atoms with Gasteiger partial charge in [0.15, 0.2) is 5.11 Å². The minimum absolute atomic E-state index is 0.685. The van der Waals surface area contributed by atoms with Gasteiger partial charge < -0.3 is 10.2 Å². The topological polar surface area (TPSA) is 33.1 Å². The highest BCUT2D eigenvalue weighted by Gasteiger charge is 2.12. The van der Waals surface area contributed by atoms with Crippen LogP contribution in [0.5, 0.6) is 0 Å². The van der Waals surface area contributed by atoms with Gasteiger partial charge in [0.1, 0.15) is 0 Å². The summed E-state index contributed by atoms with van der Waals surface area (Å²) in [6, 6.07) is 20.9. The van der Waals surface area contributed by atoms with Gasteiger partial charge in [-0.1, -0.05) is 60.7 Å². The second-order valence-electron chi connectivity index (χ2n) is 6.56. The van der Waals surface area contributed by atoms with Crippen LogP contribution in [0.15, 0.2) is 66.9 Å². The fraction of sp³-hybridized carbons (Fsp3) is 0.273. The number of aromatic nitrogens is 2. The molecule has 0 radical (unpaired) electrons. The van der Waals surface area contributed by atoms with E-state index in [0.29, 0.717) is 6.54 Å². The van der Waals surface area contributed by atoms with Crippen molar-refractivity contribution in [2.45, 2.75) is 40.0 Å². The number of rotatable bonds is 7. The van der Waals surface area contributed by atoms with Crippen molar-refractivity contribution >= 4 is 17.3 Å². The summed E-state index contributed by atoms with van der Waals surface area (Å²) in [4.78, 5) is 2.21. The number of thiocarbonyl (C=S) groups is 1. The van der Waals surface area contributed by atoms with Crippen LogP contribution in [0.4, 0.5) is 0 Å². The SMILES string of the molecule is CCn1ncc(CNC(=S)N(Cc2ccccc2)Cc2ccccc2)c1C. The summed E-state index contributed by atoms with van der Waals surface area (Å²) < 4.78 is 2.01. The van der Waals surface area contributed by atoms with Crippen molar-refractivity contribution in [2.75, 3.05) is 0 Å². The molecule has 1 N–H and O–H groups in total. The third-order valence-corrected chi connectivity index (χ3v) is 5.06. The maximum atomic E-state index is 5.74. The smallest absolute Gasteiger partial charge is 0.169 e. The van der Waals surface area contributed by atoms with Crippen LogP contribution in [0.25, 0.3) is 0 Å². The van der Waals surface area contributed by atoms with Crippen LogP contribution in [0.1, 0.15) is 29.3 Å². The van der Waals surface area contributed by atoms with Gasteiger partial charge in [0, 0.05) is 37.4 Å². The van der Waals surface area contributed by atoms with Gasteiger partial charge in [0.05, 0.1) is 6.20 Å². The highest BCUT2D eigenvalue weighted by molar-refractivity contribution is 7.80. The number of hydrogen-bond acceptors (Lipinski definition) is 2. The zero-order valence-corrected chi connectivity index (χ0v) is 16.7. The van der Waals surface area contributed by atoms with E-state index in [-0.39, 0.29) is 0 Å². The molecule has 0 aliphatic rings. The fourth-order valence-electron chi connectivity index (χ4n) is 3.07. The molecule has 0 saturated carbocycles. The summed E-state index contributed by atoms with van der Waals surface area (Å²) in [7, 11) is 0. The van der Waals surface area contributed by atoms with E-state index < -0.39 is 0 Å². The fourth-order valence-corrected chi connectivity index (χ4v) is 3.27. The molecule has 2 aromatic carbocycles. The molecule has 0 aliphatic heterocycles. The first-order chi connectivity index (χ1) is 13.2. The summed E-state index contributed by atoms with van der Waals surface area (Å²) in [5, 5.41) is 8.59. The van der Waals surface area contributed by atoms with E-state index in [1.807, 2.05) is 23.0 Å². The monoisotopic (exact) mass is 378 g/mol. The summed E-state index contributed by atoms with van der Waals surface area (Å²) in [5.74, 6) is 0. The molecule has 27 heavy (non-hydrogen) atoms. The first kappa shape index (κ1) is 19.1. The normalized spacial score (nSPS) is 10.6. The lowest BCUT2D eigenvalue weighted by Gasteiger charge is -2.26. The number of nitrogens with zero attached hydrogens (tertiary/aromatic N) is 3. The number of nitrogens with one attached hydrogen (secondary N) is 1. The van der Waals surface area contributed by atoms with Crippen molar-refractivity contribution < 1.29 is 0 Å². The molecule has 0 spiro atoms. The summed E-state index contributed by atoms with van der Waals surface area (Å²) in [6.45, 7) is 7.31. The van der Waals surface area contributed by atoms with Crippen molar-refractivity contribution in [1.29, 1.82) is 0 Å². The zero-order chi connectivity index (χ0) is 19.1. The Bertz CT molecular complexity index is 817. The van der Waals surface area contributed by atoms with Crippen molar-refractivity contribution in [3.63, 3.8) is 0 Å². The van der Waals surface area contributed by atoms with Crippen molar-refractivity contribution in [3.05, 3.63) is 89.2 Å². The largest absolute Gasteiger partial charge is 0.358 e. The number of aryl methyl sites for hydroxylation is 1. The quantitative estimate of drug-likeness (QED) is 0.622. The van der Waals surface area contributed by atoms with Crippen LogP contribution in [-0.2, 0) is 26.2 Å². The van der Waals surface area contributed by atoms with Crippen LogP contribution in [0.3, 0.4) is 0 Å². The Morgan fingerprint density at radius 2 is 1.56 bits per heavy atom. The average molecular weight is 379 g/mol. The molecule has 1 aromatic heterocycles. The lowest BCUT2D eigenvalue weighted by Crippen LogP contribution is -2.38. The average Bonchev–Trinajstić information content (AvgIpc) is 3.07. The van der Waals surface area contributed by atoms with Gasteiger partial charge in [0.25, 0.3) is 0 Å². The minimum Gasteiger partial charge on any atom is -0.358 e. The Labute approximate surface area is 166 Å². The molecule has 0 amide bonds. The molecule has 1 heterocycles. The van der Waals surface area contributed by atoms with Crippen LogP contribution < -0.4 is 5.32 Å². The molecule has 140 valence electrons. The van der Waals surface area contributed by atoms with Crippen LogP contribution in [0, 0.1) is 6.92 Å². The van der Waals surface area contributed by atoms with Crippen molar-refractivity contribution in [3.8, 4) is 0 Å². The van der Waals surface area contributed by atoms with Gasteiger partial charge >= 0.3 is 0 Å². The van der Waals surface area contributed by atoms with Crippen molar-refractivity contribution in [2.24, 2.45) is 0 Å². The van der Waals surface area contributed by atoms with Gasteiger partial charge in [-0.15, -0.1) is 0 Å². The van der Waals surface area contributed by atoms with E-state index in [2.05, 4.69) is 77.7 Å². The molecule has 3 aromatic rings. The molecule has 3 rings (SSSR count). The van der Waals surface area contributed by atoms with E-state index in [9.17, 15) is 0 Å². The van der Waals surface area contributed by atoms with E-state index in [0.717, 1.165) is 24.7 Å². The Morgan fingerprint density at radius 1 is 1.00 bits per heavy atom. The summed E-state index contributed by atoms with van der Waals surface area (Å²) in [5.41, 5.74) is 4.85. The Balaban J connectivity index is 1.70. The van der Waals surface area contributed by atoms with Crippen LogP contribution in [0.2, 0.25) is 0 Å². The molecule has 0 fully saturated rings.